The summed E-state index contributed by atoms with van der Waals surface area (Å²) in [6.07, 6.45) is 0.361. The van der Waals surface area contributed by atoms with Gasteiger partial charge >= 0.3 is 0 Å². The number of likely N-dealkylation sites (N-methyl/N-ethyl adjacent to an activating group) is 1. The lowest BCUT2D eigenvalue weighted by Crippen LogP contribution is -2.44. The van der Waals surface area contributed by atoms with Gasteiger partial charge in [0.05, 0.1) is 18.8 Å². The van der Waals surface area contributed by atoms with Crippen molar-refractivity contribution < 1.29 is 14.6 Å². The molecule has 5 nitrogen and oxygen atoms in total. The fraction of sp³-hybridized carbons (Fsp3) is 0.500. The van der Waals surface area contributed by atoms with Crippen molar-refractivity contribution in [3.63, 3.8) is 0 Å². The minimum atomic E-state index is -0.494. The topological polar surface area (TPSA) is 61.8 Å². The van der Waals surface area contributed by atoms with Crippen molar-refractivity contribution in [3.8, 4) is 5.75 Å². The monoisotopic (exact) mass is 262 g/mol. The van der Waals surface area contributed by atoms with Gasteiger partial charge in [-0.25, -0.2) is 0 Å². The van der Waals surface area contributed by atoms with Crippen LogP contribution in [0.5, 0.6) is 5.75 Å². The van der Waals surface area contributed by atoms with E-state index in [1.165, 1.54) is 0 Å². The zero-order valence-corrected chi connectivity index (χ0v) is 10.9. The molecule has 0 aromatic heterocycles. The Balaban J connectivity index is 1.79. The third-order valence-electron chi connectivity index (χ3n) is 3.91. The van der Waals surface area contributed by atoms with Gasteiger partial charge in [0.15, 0.2) is 0 Å². The number of rotatable bonds is 2. The van der Waals surface area contributed by atoms with Gasteiger partial charge < -0.3 is 20.1 Å². The van der Waals surface area contributed by atoms with Crippen LogP contribution in [0, 0.1) is 0 Å². The first-order valence-electron chi connectivity index (χ1n) is 6.58. The molecule has 0 saturated carbocycles. The Kier molecular flexibility index (Phi) is 3.16. The van der Waals surface area contributed by atoms with E-state index in [2.05, 4.69) is 5.32 Å². The summed E-state index contributed by atoms with van der Waals surface area (Å²) < 4.78 is 5.44. The fourth-order valence-corrected chi connectivity index (χ4v) is 2.72. The number of nitrogens with one attached hydrogen (secondary N) is 1. The zero-order valence-electron chi connectivity index (χ0n) is 10.9. The molecule has 19 heavy (non-hydrogen) atoms. The maximum absolute atomic E-state index is 12.4. The summed E-state index contributed by atoms with van der Waals surface area (Å²) >= 11 is 0. The quantitative estimate of drug-likeness (QED) is 0.789. The Morgan fingerprint density at radius 1 is 1.47 bits per heavy atom. The SMILES string of the molecule is CN(C(=O)c1ccc2c(c1)CCO2)[C@H]1CNC[C@@H]1O. The number of β-amino-alcohol motifs (C(OH)–C–C–N with tert-alkyl or cyclic N) is 1. The van der Waals surface area contributed by atoms with Crippen LogP contribution < -0.4 is 10.1 Å². The maximum atomic E-state index is 12.4. The molecule has 1 amide bonds. The van der Waals surface area contributed by atoms with Gasteiger partial charge in [-0.05, 0) is 23.8 Å². The molecule has 0 bridgehead atoms. The van der Waals surface area contributed by atoms with E-state index in [4.69, 9.17) is 4.74 Å². The van der Waals surface area contributed by atoms with Gasteiger partial charge in [-0.3, -0.25) is 4.79 Å². The molecule has 1 aromatic rings. The van der Waals surface area contributed by atoms with Crippen LogP contribution in [0.1, 0.15) is 15.9 Å². The lowest BCUT2D eigenvalue weighted by Gasteiger charge is -2.26. The second-order valence-electron chi connectivity index (χ2n) is 5.13. The van der Waals surface area contributed by atoms with Crippen LogP contribution in [0.3, 0.4) is 0 Å². The molecule has 5 heteroatoms. The second-order valence-corrected chi connectivity index (χ2v) is 5.13. The van der Waals surface area contributed by atoms with E-state index in [9.17, 15) is 9.90 Å². The van der Waals surface area contributed by atoms with Crippen LogP contribution >= 0.6 is 0 Å². The number of carbonyl (C=O) groups excluding carboxylic acids is 1. The van der Waals surface area contributed by atoms with Gasteiger partial charge in [0.1, 0.15) is 5.75 Å². The lowest BCUT2D eigenvalue weighted by atomic mass is 10.1. The van der Waals surface area contributed by atoms with Gasteiger partial charge in [-0.1, -0.05) is 0 Å². The van der Waals surface area contributed by atoms with Gasteiger partial charge in [0.25, 0.3) is 5.91 Å². The zero-order chi connectivity index (χ0) is 13.4. The number of nitrogens with zero attached hydrogens (tertiary/aromatic N) is 1. The number of hydrogen-bond donors (Lipinski definition) is 2. The van der Waals surface area contributed by atoms with Crippen LogP contribution in [0.15, 0.2) is 18.2 Å². The molecular weight excluding hydrogens is 244 g/mol. The predicted molar refractivity (Wildman–Crippen MR) is 70.4 cm³/mol. The number of benzene rings is 1. The average Bonchev–Trinajstić information content (AvgIpc) is 3.04. The third kappa shape index (κ3) is 2.19. The van der Waals surface area contributed by atoms with Crippen LogP contribution in [0.4, 0.5) is 0 Å². The standard InChI is InChI=1S/C14H18N2O3/c1-16(11-7-15-8-12(11)17)14(18)10-2-3-13-9(6-10)4-5-19-13/h2-3,6,11-12,15,17H,4-5,7-8H2,1H3/t11-,12-/m0/s1. The molecule has 102 valence electrons. The summed E-state index contributed by atoms with van der Waals surface area (Å²) in [5.74, 6) is 0.823. The lowest BCUT2D eigenvalue weighted by molar-refractivity contribution is 0.0581. The number of ether oxygens (including phenoxy) is 1. The highest BCUT2D eigenvalue weighted by atomic mass is 16.5. The van der Waals surface area contributed by atoms with Crippen LogP contribution in [0.2, 0.25) is 0 Å². The Bertz CT molecular complexity index is 503. The van der Waals surface area contributed by atoms with Crippen molar-refractivity contribution in [1.82, 2.24) is 10.2 Å². The van der Waals surface area contributed by atoms with Crippen molar-refractivity contribution >= 4 is 5.91 Å². The van der Waals surface area contributed by atoms with E-state index in [0.717, 1.165) is 17.7 Å². The van der Waals surface area contributed by atoms with Crippen molar-refractivity contribution in [1.29, 1.82) is 0 Å². The largest absolute Gasteiger partial charge is 0.493 e. The molecule has 0 spiro atoms. The van der Waals surface area contributed by atoms with E-state index in [0.29, 0.717) is 25.3 Å². The minimum absolute atomic E-state index is 0.0533. The number of hydrogen-bond acceptors (Lipinski definition) is 4. The number of amides is 1. The second kappa shape index (κ2) is 4.83. The highest BCUT2D eigenvalue weighted by Crippen LogP contribution is 2.26. The third-order valence-corrected chi connectivity index (χ3v) is 3.91. The molecule has 0 radical (unpaired) electrons. The first kappa shape index (κ1) is 12.4. The number of aliphatic hydroxyl groups excluding tert-OH is 1. The first-order valence-corrected chi connectivity index (χ1v) is 6.58. The predicted octanol–water partition coefficient (Wildman–Crippen LogP) is 0.0262. The molecule has 2 aliphatic rings. The van der Waals surface area contributed by atoms with Gasteiger partial charge in [-0.15, -0.1) is 0 Å². The van der Waals surface area contributed by atoms with Crippen molar-refractivity contribution in [3.05, 3.63) is 29.3 Å². The molecular formula is C14H18N2O3. The summed E-state index contributed by atoms with van der Waals surface area (Å²) in [4.78, 5) is 14.1. The number of carbonyl (C=O) groups is 1. The molecule has 2 aliphatic heterocycles. The molecule has 2 heterocycles. The smallest absolute Gasteiger partial charge is 0.253 e. The molecule has 2 atom stereocenters. The van der Waals surface area contributed by atoms with Crippen molar-refractivity contribution in [2.24, 2.45) is 0 Å². The van der Waals surface area contributed by atoms with E-state index in [1.54, 1.807) is 18.0 Å². The van der Waals surface area contributed by atoms with Gasteiger partial charge in [0.2, 0.25) is 0 Å². The van der Waals surface area contributed by atoms with E-state index in [1.807, 2.05) is 12.1 Å². The van der Waals surface area contributed by atoms with E-state index < -0.39 is 6.10 Å². The number of aliphatic hydroxyl groups is 1. The molecule has 1 aromatic carbocycles. The highest BCUT2D eigenvalue weighted by molar-refractivity contribution is 5.94. The Hall–Kier alpha value is -1.59. The molecule has 0 unspecified atom stereocenters. The molecule has 2 N–H and O–H groups in total. The normalized spacial score (nSPS) is 24.9. The van der Waals surface area contributed by atoms with Crippen molar-refractivity contribution in [2.75, 3.05) is 26.7 Å². The Morgan fingerprint density at radius 2 is 2.32 bits per heavy atom. The molecule has 1 saturated heterocycles. The number of fused-ring (bicyclic) bond motifs is 1. The average molecular weight is 262 g/mol. The van der Waals surface area contributed by atoms with E-state index >= 15 is 0 Å². The van der Waals surface area contributed by atoms with Crippen LogP contribution in [0.25, 0.3) is 0 Å². The summed E-state index contributed by atoms with van der Waals surface area (Å²) in [5, 5.41) is 12.9. The Morgan fingerprint density at radius 3 is 3.05 bits per heavy atom. The van der Waals surface area contributed by atoms with Gasteiger partial charge in [-0.2, -0.15) is 0 Å². The van der Waals surface area contributed by atoms with E-state index in [-0.39, 0.29) is 11.9 Å². The Labute approximate surface area is 112 Å². The van der Waals surface area contributed by atoms with Crippen LogP contribution in [-0.2, 0) is 6.42 Å². The molecule has 1 fully saturated rings. The molecule has 0 aliphatic carbocycles. The summed E-state index contributed by atoms with van der Waals surface area (Å²) in [6.45, 7) is 1.87. The summed E-state index contributed by atoms with van der Waals surface area (Å²) in [5.41, 5.74) is 1.75. The molecule has 3 rings (SSSR count). The van der Waals surface area contributed by atoms with Crippen LogP contribution in [-0.4, -0.2) is 54.8 Å². The van der Waals surface area contributed by atoms with Crippen molar-refractivity contribution in [2.45, 2.75) is 18.6 Å². The highest BCUT2D eigenvalue weighted by Gasteiger charge is 2.31. The maximum Gasteiger partial charge on any atom is 0.253 e. The fourth-order valence-electron chi connectivity index (χ4n) is 2.72. The first-order chi connectivity index (χ1) is 9.16. The summed E-state index contributed by atoms with van der Waals surface area (Å²) in [6, 6.07) is 5.39. The van der Waals surface area contributed by atoms with Gasteiger partial charge in [0, 0.05) is 32.1 Å². The summed E-state index contributed by atoms with van der Waals surface area (Å²) in [7, 11) is 1.74. The minimum Gasteiger partial charge on any atom is -0.493 e.